The molecule has 0 bridgehead atoms. The molecule has 1 heterocycles. The van der Waals surface area contributed by atoms with Crippen molar-refractivity contribution >= 4 is 11.0 Å². The first-order valence-corrected chi connectivity index (χ1v) is 7.33. The molecule has 0 saturated carbocycles. The Kier molecular flexibility index (Phi) is 4.76. The Bertz CT molecular complexity index is 574. The first-order valence-electron chi connectivity index (χ1n) is 7.33. The summed E-state index contributed by atoms with van der Waals surface area (Å²) < 4.78 is 15.3. The fourth-order valence-electron chi connectivity index (χ4n) is 2.79. The number of halogens is 1. The van der Waals surface area contributed by atoms with Gasteiger partial charge in [0.15, 0.2) is 0 Å². The Morgan fingerprint density at radius 2 is 2.05 bits per heavy atom. The van der Waals surface area contributed by atoms with Gasteiger partial charge in [-0.3, -0.25) is 0 Å². The molecular formula is C16H24FN3. The largest absolute Gasteiger partial charge is 0.331 e. The number of nitrogens with two attached hydrogens (primary N) is 1. The van der Waals surface area contributed by atoms with Crippen molar-refractivity contribution in [2.45, 2.75) is 33.1 Å². The van der Waals surface area contributed by atoms with Crippen LogP contribution >= 0.6 is 0 Å². The van der Waals surface area contributed by atoms with Crippen LogP contribution in [0, 0.1) is 17.7 Å². The number of hydrogen-bond acceptors (Lipinski definition) is 2. The Morgan fingerprint density at radius 3 is 2.70 bits per heavy atom. The molecule has 0 amide bonds. The summed E-state index contributed by atoms with van der Waals surface area (Å²) in [6, 6.07) is 4.78. The van der Waals surface area contributed by atoms with Crippen LogP contribution in [0.1, 0.15) is 32.5 Å². The van der Waals surface area contributed by atoms with Crippen molar-refractivity contribution in [2.24, 2.45) is 24.6 Å². The molecule has 2 rings (SSSR count). The van der Waals surface area contributed by atoms with E-state index in [0.717, 1.165) is 42.7 Å². The normalized spacial score (nSPS) is 13.3. The summed E-state index contributed by atoms with van der Waals surface area (Å²) in [6.45, 7) is 5.21. The van der Waals surface area contributed by atoms with E-state index in [0.29, 0.717) is 11.8 Å². The molecule has 0 radical (unpaired) electrons. The average molecular weight is 277 g/mol. The molecule has 4 heteroatoms. The zero-order valence-corrected chi connectivity index (χ0v) is 12.6. The average Bonchev–Trinajstić information content (AvgIpc) is 2.70. The smallest absolute Gasteiger partial charge is 0.125 e. The van der Waals surface area contributed by atoms with E-state index in [1.54, 1.807) is 6.07 Å². The van der Waals surface area contributed by atoms with Gasteiger partial charge in [-0.05, 0) is 43.4 Å². The molecule has 2 aromatic rings. The van der Waals surface area contributed by atoms with Gasteiger partial charge in [0.05, 0.1) is 11.0 Å². The lowest BCUT2D eigenvalue weighted by Gasteiger charge is -2.19. The van der Waals surface area contributed by atoms with Gasteiger partial charge in [0, 0.05) is 19.5 Å². The molecule has 1 aromatic heterocycles. The number of imidazole rings is 1. The number of aromatic nitrogens is 2. The molecule has 1 aromatic carbocycles. The highest BCUT2D eigenvalue weighted by Gasteiger charge is 2.15. The van der Waals surface area contributed by atoms with E-state index in [9.17, 15) is 4.39 Å². The molecule has 1 unspecified atom stereocenters. The second-order valence-corrected chi connectivity index (χ2v) is 5.84. The standard InChI is InChI=1S/C16H24FN3/c1-11(2)12(8-9-18)4-7-16-19-14-10-13(17)5-6-15(14)20(16)3/h5-6,10-12H,4,7-9,18H2,1-3H3. The van der Waals surface area contributed by atoms with E-state index < -0.39 is 0 Å². The van der Waals surface area contributed by atoms with E-state index in [1.165, 1.54) is 12.1 Å². The lowest BCUT2D eigenvalue weighted by Crippen LogP contribution is -2.16. The Hall–Kier alpha value is -1.42. The summed E-state index contributed by atoms with van der Waals surface area (Å²) in [6.07, 6.45) is 3.04. The fraction of sp³-hybridized carbons (Fsp3) is 0.562. The number of aryl methyl sites for hydroxylation is 2. The monoisotopic (exact) mass is 277 g/mol. The van der Waals surface area contributed by atoms with E-state index in [1.807, 2.05) is 7.05 Å². The van der Waals surface area contributed by atoms with Crippen molar-refractivity contribution in [3.8, 4) is 0 Å². The third-order valence-corrected chi connectivity index (χ3v) is 4.15. The van der Waals surface area contributed by atoms with Crippen LogP contribution in [-0.2, 0) is 13.5 Å². The molecule has 20 heavy (non-hydrogen) atoms. The number of rotatable bonds is 6. The van der Waals surface area contributed by atoms with Crippen molar-refractivity contribution in [2.75, 3.05) is 6.54 Å². The Balaban J connectivity index is 2.15. The zero-order chi connectivity index (χ0) is 14.7. The summed E-state index contributed by atoms with van der Waals surface area (Å²) in [7, 11) is 2.00. The lowest BCUT2D eigenvalue weighted by atomic mass is 9.88. The van der Waals surface area contributed by atoms with Gasteiger partial charge in [0.25, 0.3) is 0 Å². The minimum atomic E-state index is -0.231. The predicted molar refractivity (Wildman–Crippen MR) is 81.0 cm³/mol. The second kappa shape index (κ2) is 6.35. The highest BCUT2D eigenvalue weighted by molar-refractivity contribution is 5.75. The van der Waals surface area contributed by atoms with Crippen LogP contribution in [-0.4, -0.2) is 16.1 Å². The number of nitrogens with zero attached hydrogens (tertiary/aromatic N) is 2. The maximum Gasteiger partial charge on any atom is 0.125 e. The first-order chi connectivity index (χ1) is 9.52. The van der Waals surface area contributed by atoms with Gasteiger partial charge in [0.1, 0.15) is 11.6 Å². The zero-order valence-electron chi connectivity index (χ0n) is 12.6. The molecule has 0 saturated heterocycles. The quantitative estimate of drug-likeness (QED) is 0.880. The van der Waals surface area contributed by atoms with Gasteiger partial charge in [-0.1, -0.05) is 13.8 Å². The molecule has 0 aliphatic heterocycles. The molecule has 3 nitrogen and oxygen atoms in total. The summed E-state index contributed by atoms with van der Waals surface area (Å²) in [5.41, 5.74) is 7.41. The van der Waals surface area contributed by atoms with Crippen molar-refractivity contribution in [3.63, 3.8) is 0 Å². The van der Waals surface area contributed by atoms with E-state index in [-0.39, 0.29) is 5.82 Å². The van der Waals surface area contributed by atoms with Crippen LogP contribution < -0.4 is 5.73 Å². The fourth-order valence-corrected chi connectivity index (χ4v) is 2.79. The van der Waals surface area contributed by atoms with Crippen LogP contribution in [0.5, 0.6) is 0 Å². The van der Waals surface area contributed by atoms with Gasteiger partial charge < -0.3 is 10.3 Å². The summed E-state index contributed by atoms with van der Waals surface area (Å²) in [5.74, 6) is 2.04. The maximum absolute atomic E-state index is 13.2. The molecule has 0 fully saturated rings. The van der Waals surface area contributed by atoms with Crippen LogP contribution in [0.4, 0.5) is 4.39 Å². The van der Waals surface area contributed by atoms with Crippen molar-refractivity contribution in [3.05, 3.63) is 29.8 Å². The molecule has 0 spiro atoms. The van der Waals surface area contributed by atoms with Crippen LogP contribution in [0.3, 0.4) is 0 Å². The molecule has 0 aliphatic rings. The summed E-state index contributed by atoms with van der Waals surface area (Å²) in [5, 5.41) is 0. The van der Waals surface area contributed by atoms with E-state index in [4.69, 9.17) is 5.73 Å². The number of hydrogen-bond donors (Lipinski definition) is 1. The SMILES string of the molecule is CC(C)C(CCN)CCc1nc2cc(F)ccc2n1C. The number of benzene rings is 1. The van der Waals surface area contributed by atoms with Crippen molar-refractivity contribution in [1.82, 2.24) is 9.55 Å². The van der Waals surface area contributed by atoms with Crippen LogP contribution in [0.15, 0.2) is 18.2 Å². The van der Waals surface area contributed by atoms with Crippen LogP contribution in [0.25, 0.3) is 11.0 Å². The highest BCUT2D eigenvalue weighted by Crippen LogP contribution is 2.23. The summed E-state index contributed by atoms with van der Waals surface area (Å²) >= 11 is 0. The summed E-state index contributed by atoms with van der Waals surface area (Å²) in [4.78, 5) is 4.56. The molecule has 110 valence electrons. The Morgan fingerprint density at radius 1 is 1.30 bits per heavy atom. The molecular weight excluding hydrogens is 253 g/mol. The van der Waals surface area contributed by atoms with E-state index >= 15 is 0 Å². The highest BCUT2D eigenvalue weighted by atomic mass is 19.1. The van der Waals surface area contributed by atoms with E-state index in [2.05, 4.69) is 23.4 Å². The third-order valence-electron chi connectivity index (χ3n) is 4.15. The van der Waals surface area contributed by atoms with Gasteiger partial charge in [-0.2, -0.15) is 0 Å². The Labute approximate surface area is 120 Å². The molecule has 1 atom stereocenters. The number of fused-ring (bicyclic) bond motifs is 1. The third kappa shape index (κ3) is 3.18. The van der Waals surface area contributed by atoms with Gasteiger partial charge in [-0.25, -0.2) is 9.37 Å². The first kappa shape index (κ1) is 15.0. The van der Waals surface area contributed by atoms with Gasteiger partial charge in [-0.15, -0.1) is 0 Å². The maximum atomic E-state index is 13.2. The van der Waals surface area contributed by atoms with Gasteiger partial charge in [0.2, 0.25) is 0 Å². The minimum Gasteiger partial charge on any atom is -0.331 e. The predicted octanol–water partition coefficient (Wildman–Crippen LogP) is 3.27. The second-order valence-electron chi connectivity index (χ2n) is 5.84. The lowest BCUT2D eigenvalue weighted by molar-refractivity contribution is 0.338. The molecule has 0 aliphatic carbocycles. The van der Waals surface area contributed by atoms with Crippen LogP contribution in [0.2, 0.25) is 0 Å². The van der Waals surface area contributed by atoms with Crippen molar-refractivity contribution in [1.29, 1.82) is 0 Å². The van der Waals surface area contributed by atoms with Gasteiger partial charge >= 0.3 is 0 Å². The van der Waals surface area contributed by atoms with Crippen molar-refractivity contribution < 1.29 is 4.39 Å². The topological polar surface area (TPSA) is 43.8 Å². The molecule has 2 N–H and O–H groups in total. The minimum absolute atomic E-state index is 0.231.